The SMILES string of the molecule is FC(F)(F)OC(OC(F)(F)C(F)(F)C(F)(F)C(F)(F)C(F)(F)F)(C(F)(F)F)C(F)(F)F. The molecule has 0 rings (SSSR count). The summed E-state index contributed by atoms with van der Waals surface area (Å²) in [6, 6.07) is 0. The zero-order valence-corrected chi connectivity index (χ0v) is 12.9. The molecule has 0 heterocycles. The van der Waals surface area contributed by atoms with E-state index in [4.69, 9.17) is 0 Å². The summed E-state index contributed by atoms with van der Waals surface area (Å²) in [4.78, 5) is 0. The van der Waals surface area contributed by atoms with E-state index in [1.807, 2.05) is 0 Å². The number of hydrogen-bond acceptors (Lipinski definition) is 2. The first kappa shape index (κ1) is 29.5. The minimum absolute atomic E-state index is 1.13. The molecule has 0 saturated carbocycles. The van der Waals surface area contributed by atoms with Crippen LogP contribution in [-0.4, -0.2) is 54.6 Å². The number of alkyl halides is 20. The first-order valence-electron chi connectivity index (χ1n) is 6.10. The lowest BCUT2D eigenvalue weighted by Crippen LogP contribution is -2.71. The fraction of sp³-hybridized carbons (Fsp3) is 1.00. The molecule has 0 aromatic carbocycles. The van der Waals surface area contributed by atoms with Crippen molar-refractivity contribution < 1.29 is 97.3 Å². The maximum absolute atomic E-state index is 13.1. The molecule has 0 aromatic rings. The van der Waals surface area contributed by atoms with Crippen molar-refractivity contribution in [2.45, 2.75) is 54.6 Å². The molecule has 0 saturated heterocycles. The van der Waals surface area contributed by atoms with Crippen molar-refractivity contribution in [3.05, 3.63) is 0 Å². The van der Waals surface area contributed by atoms with E-state index in [1.165, 1.54) is 4.74 Å². The Morgan fingerprint density at radius 2 is 0.645 bits per heavy atom. The van der Waals surface area contributed by atoms with E-state index in [2.05, 4.69) is 0 Å². The van der Waals surface area contributed by atoms with Crippen molar-refractivity contribution >= 4 is 0 Å². The monoisotopic (exact) mass is 520 g/mol. The van der Waals surface area contributed by atoms with Gasteiger partial charge in [0.15, 0.2) is 0 Å². The van der Waals surface area contributed by atoms with Gasteiger partial charge in [0.05, 0.1) is 0 Å². The summed E-state index contributed by atoms with van der Waals surface area (Å²) in [5.74, 6) is -33.5. The van der Waals surface area contributed by atoms with E-state index in [9.17, 15) is 87.8 Å². The molecular weight excluding hydrogens is 520 g/mol. The van der Waals surface area contributed by atoms with Gasteiger partial charge in [-0.1, -0.05) is 0 Å². The van der Waals surface area contributed by atoms with Crippen LogP contribution < -0.4 is 0 Å². The number of ether oxygens (including phenoxy) is 2. The molecule has 0 bridgehead atoms. The van der Waals surface area contributed by atoms with E-state index >= 15 is 0 Å². The summed E-state index contributed by atoms with van der Waals surface area (Å²) in [6.07, 6.45) is -39.8. The summed E-state index contributed by atoms with van der Waals surface area (Å²) in [5, 5.41) is 0. The van der Waals surface area contributed by atoms with Crippen LogP contribution in [0.25, 0.3) is 0 Å². The average Bonchev–Trinajstić information content (AvgIpc) is 2.40. The summed E-state index contributed by atoms with van der Waals surface area (Å²) < 4.78 is 252. The van der Waals surface area contributed by atoms with Gasteiger partial charge in [-0.2, -0.15) is 74.6 Å². The van der Waals surface area contributed by atoms with Gasteiger partial charge in [-0.05, 0) is 0 Å². The third kappa shape index (κ3) is 4.82. The van der Waals surface area contributed by atoms with Gasteiger partial charge in [0.2, 0.25) is 0 Å². The molecule has 0 N–H and O–H groups in total. The molecular formula is C9F20O2. The van der Waals surface area contributed by atoms with Gasteiger partial charge in [-0.15, -0.1) is 13.2 Å². The Balaban J connectivity index is 6.88. The molecule has 0 spiro atoms. The normalized spacial score (nSPS) is 16.6. The fourth-order valence-corrected chi connectivity index (χ4v) is 1.38. The zero-order chi connectivity index (χ0) is 25.9. The highest BCUT2D eigenvalue weighted by molar-refractivity contribution is 5.05. The second kappa shape index (κ2) is 7.27. The maximum atomic E-state index is 13.1. The zero-order valence-electron chi connectivity index (χ0n) is 12.9. The van der Waals surface area contributed by atoms with Crippen LogP contribution in [0.15, 0.2) is 0 Å². The predicted molar refractivity (Wildman–Crippen MR) is 48.9 cm³/mol. The molecule has 188 valence electrons. The second-order valence-electron chi connectivity index (χ2n) is 5.00. The fourth-order valence-electron chi connectivity index (χ4n) is 1.38. The van der Waals surface area contributed by atoms with Crippen LogP contribution in [0.3, 0.4) is 0 Å². The highest BCUT2D eigenvalue weighted by atomic mass is 19.4. The highest BCUT2D eigenvalue weighted by Gasteiger charge is 2.91. The standard InChI is InChI=1S/C9F20O2/c10-1(11,2(12,13)5(16,17)18)3(14,15)8(25,26)30-4(6(19,20)21,7(22,23)24)31-9(27,28)29. The predicted octanol–water partition coefficient (Wildman–Crippen LogP) is 6.42. The summed E-state index contributed by atoms with van der Waals surface area (Å²) >= 11 is 0. The largest absolute Gasteiger partial charge is 0.525 e. The minimum Gasteiger partial charge on any atom is -0.266 e. The van der Waals surface area contributed by atoms with Crippen molar-refractivity contribution in [1.29, 1.82) is 0 Å². The van der Waals surface area contributed by atoms with E-state index < -0.39 is 54.6 Å². The van der Waals surface area contributed by atoms with Crippen LogP contribution >= 0.6 is 0 Å². The molecule has 0 aliphatic rings. The summed E-state index contributed by atoms with van der Waals surface area (Å²) in [5.41, 5.74) is 0. The molecule has 0 aliphatic heterocycles. The molecule has 31 heavy (non-hydrogen) atoms. The van der Waals surface area contributed by atoms with Gasteiger partial charge >= 0.3 is 54.6 Å². The lowest BCUT2D eigenvalue weighted by atomic mass is 10.0. The second-order valence-corrected chi connectivity index (χ2v) is 5.00. The van der Waals surface area contributed by atoms with Gasteiger partial charge in [-0.25, -0.2) is 4.74 Å². The van der Waals surface area contributed by atoms with Crippen molar-refractivity contribution in [2.75, 3.05) is 0 Å². The molecule has 0 radical (unpaired) electrons. The quantitative estimate of drug-likeness (QED) is 0.298. The molecule has 2 nitrogen and oxygen atoms in total. The van der Waals surface area contributed by atoms with Crippen LogP contribution in [0.4, 0.5) is 87.8 Å². The minimum atomic E-state index is -8.66. The molecule has 0 aromatic heterocycles. The van der Waals surface area contributed by atoms with E-state index in [0.29, 0.717) is 0 Å². The van der Waals surface area contributed by atoms with Crippen LogP contribution in [0.1, 0.15) is 0 Å². The maximum Gasteiger partial charge on any atom is 0.525 e. The Bertz CT molecular complexity index is 617. The van der Waals surface area contributed by atoms with E-state index in [1.54, 1.807) is 0 Å². The van der Waals surface area contributed by atoms with Gasteiger partial charge in [0.1, 0.15) is 0 Å². The Labute approximate surface area is 153 Å². The van der Waals surface area contributed by atoms with Crippen molar-refractivity contribution in [2.24, 2.45) is 0 Å². The molecule has 0 aliphatic carbocycles. The molecule has 0 atom stereocenters. The lowest BCUT2D eigenvalue weighted by Gasteiger charge is -2.42. The number of rotatable bonds is 6. The van der Waals surface area contributed by atoms with Crippen molar-refractivity contribution in [3.63, 3.8) is 0 Å². The van der Waals surface area contributed by atoms with Crippen LogP contribution in [0.2, 0.25) is 0 Å². The number of halogens is 20. The molecule has 0 fully saturated rings. The van der Waals surface area contributed by atoms with Crippen molar-refractivity contribution in [3.8, 4) is 0 Å². The third-order valence-corrected chi connectivity index (χ3v) is 2.79. The first-order valence-corrected chi connectivity index (χ1v) is 6.10. The molecule has 0 unspecified atom stereocenters. The average molecular weight is 520 g/mol. The molecule has 0 amide bonds. The summed E-state index contributed by atoms with van der Waals surface area (Å²) in [7, 11) is 0. The topological polar surface area (TPSA) is 18.5 Å². The number of hydrogen-bond donors (Lipinski definition) is 0. The third-order valence-electron chi connectivity index (χ3n) is 2.79. The van der Waals surface area contributed by atoms with Gasteiger partial charge < -0.3 is 0 Å². The Morgan fingerprint density at radius 1 is 0.323 bits per heavy atom. The smallest absolute Gasteiger partial charge is 0.266 e. The van der Waals surface area contributed by atoms with Gasteiger partial charge in [-0.3, -0.25) is 4.74 Å². The van der Waals surface area contributed by atoms with Crippen LogP contribution in [-0.2, 0) is 9.47 Å². The first-order chi connectivity index (χ1) is 12.9. The van der Waals surface area contributed by atoms with Gasteiger partial charge in [0.25, 0.3) is 0 Å². The van der Waals surface area contributed by atoms with Crippen LogP contribution in [0.5, 0.6) is 0 Å². The lowest BCUT2D eigenvalue weighted by molar-refractivity contribution is -0.581. The Morgan fingerprint density at radius 3 is 0.871 bits per heavy atom. The Hall–Kier alpha value is -1.48. The highest BCUT2D eigenvalue weighted by Crippen LogP contribution is 2.60. The van der Waals surface area contributed by atoms with Gasteiger partial charge in [0, 0.05) is 0 Å². The van der Waals surface area contributed by atoms with Crippen LogP contribution in [0, 0.1) is 0 Å². The summed E-state index contributed by atoms with van der Waals surface area (Å²) in [6.45, 7) is 0. The van der Waals surface area contributed by atoms with E-state index in [0.717, 1.165) is 4.74 Å². The molecule has 22 heteroatoms. The Kier molecular flexibility index (Phi) is 6.92. The van der Waals surface area contributed by atoms with Crippen molar-refractivity contribution in [1.82, 2.24) is 0 Å². The van der Waals surface area contributed by atoms with E-state index in [-0.39, 0.29) is 0 Å².